The number of anilines is 1. The highest BCUT2D eigenvalue weighted by Crippen LogP contribution is 2.35. The third kappa shape index (κ3) is 1.34. The number of hydrogen-bond donors (Lipinski definition) is 1. The van der Waals surface area contributed by atoms with Gasteiger partial charge in [-0.15, -0.1) is 0 Å². The number of hydrogen-bond acceptors (Lipinski definition) is 4. The Balaban J connectivity index is 2.10. The summed E-state index contributed by atoms with van der Waals surface area (Å²) in [7, 11) is 0. The van der Waals surface area contributed by atoms with E-state index in [1.54, 1.807) is 0 Å². The molecule has 0 saturated carbocycles. The van der Waals surface area contributed by atoms with Crippen molar-refractivity contribution in [3.05, 3.63) is 28.8 Å². The lowest BCUT2D eigenvalue weighted by Gasteiger charge is -2.00. The van der Waals surface area contributed by atoms with Crippen LogP contribution in [0.2, 0.25) is 5.02 Å². The minimum absolute atomic E-state index is 0.216. The van der Waals surface area contributed by atoms with Crippen molar-refractivity contribution in [2.75, 3.05) is 12.3 Å². The predicted octanol–water partition coefficient (Wildman–Crippen LogP) is 2.51. The van der Waals surface area contributed by atoms with E-state index in [0.29, 0.717) is 10.8 Å². The molecule has 0 aliphatic carbocycles. The molecule has 5 heteroatoms. The average Bonchev–Trinajstić information content (AvgIpc) is 2.86. The van der Waals surface area contributed by atoms with Crippen LogP contribution in [0.1, 0.15) is 5.56 Å². The molecule has 1 aromatic heterocycles. The van der Waals surface area contributed by atoms with Crippen LogP contribution in [0.5, 0.6) is 5.75 Å². The van der Waals surface area contributed by atoms with Crippen LogP contribution >= 0.6 is 11.6 Å². The van der Waals surface area contributed by atoms with E-state index >= 15 is 0 Å². The van der Waals surface area contributed by atoms with Crippen molar-refractivity contribution in [1.82, 2.24) is 5.16 Å². The highest BCUT2D eigenvalue weighted by Gasteiger charge is 2.17. The van der Waals surface area contributed by atoms with Gasteiger partial charge in [-0.3, -0.25) is 0 Å². The maximum atomic E-state index is 5.98. The molecule has 0 atom stereocenters. The van der Waals surface area contributed by atoms with Gasteiger partial charge < -0.3 is 15.0 Å². The second-order valence-corrected chi connectivity index (χ2v) is 4.01. The maximum absolute atomic E-state index is 5.98. The number of halogens is 1. The minimum Gasteiger partial charge on any atom is -0.493 e. The van der Waals surface area contributed by atoms with E-state index in [-0.39, 0.29) is 5.82 Å². The summed E-state index contributed by atoms with van der Waals surface area (Å²) in [5.41, 5.74) is 7.56. The summed E-state index contributed by atoms with van der Waals surface area (Å²) in [4.78, 5) is 0. The minimum atomic E-state index is 0.216. The number of ether oxygens (including phenoxy) is 1. The van der Waals surface area contributed by atoms with Crippen LogP contribution in [0, 0.1) is 0 Å². The molecule has 3 rings (SSSR count). The maximum Gasteiger partial charge on any atom is 0.187 e. The highest BCUT2D eigenvalue weighted by molar-refractivity contribution is 6.35. The molecule has 0 radical (unpaired) electrons. The Morgan fingerprint density at radius 3 is 3.00 bits per heavy atom. The first kappa shape index (κ1) is 9.54. The molecule has 2 aromatic rings. The molecule has 4 nitrogen and oxygen atoms in total. The lowest BCUT2D eigenvalue weighted by molar-refractivity contribution is 0.357. The Bertz CT molecular complexity index is 551. The molecule has 0 unspecified atom stereocenters. The van der Waals surface area contributed by atoms with Crippen LogP contribution in [0.4, 0.5) is 5.82 Å². The lowest BCUT2D eigenvalue weighted by Crippen LogP contribution is -1.85. The molecule has 82 valence electrons. The van der Waals surface area contributed by atoms with E-state index in [1.165, 1.54) is 0 Å². The predicted molar refractivity (Wildman–Crippen MR) is 60.6 cm³/mol. The van der Waals surface area contributed by atoms with Crippen LogP contribution < -0.4 is 10.5 Å². The molecule has 1 aliphatic rings. The van der Waals surface area contributed by atoms with Crippen molar-refractivity contribution >= 4 is 17.4 Å². The smallest absolute Gasteiger partial charge is 0.187 e. The normalized spacial score (nSPS) is 13.6. The zero-order chi connectivity index (χ0) is 11.1. The number of rotatable bonds is 1. The SMILES string of the molecule is Nc1noc(-c2ccc3c(c2)CCO3)c1Cl. The Kier molecular flexibility index (Phi) is 2.04. The van der Waals surface area contributed by atoms with Gasteiger partial charge in [-0.25, -0.2) is 0 Å². The molecule has 0 amide bonds. The van der Waals surface area contributed by atoms with E-state index in [2.05, 4.69) is 5.16 Å². The molecular formula is C11H9ClN2O2. The summed E-state index contributed by atoms with van der Waals surface area (Å²) < 4.78 is 10.5. The number of nitrogens with zero attached hydrogens (tertiary/aromatic N) is 1. The fourth-order valence-electron chi connectivity index (χ4n) is 1.80. The van der Waals surface area contributed by atoms with Gasteiger partial charge in [-0.2, -0.15) is 0 Å². The molecule has 16 heavy (non-hydrogen) atoms. The van der Waals surface area contributed by atoms with Crippen LogP contribution in [0.3, 0.4) is 0 Å². The first-order valence-electron chi connectivity index (χ1n) is 4.92. The molecule has 0 saturated heterocycles. The molecule has 2 N–H and O–H groups in total. The Morgan fingerprint density at radius 1 is 1.38 bits per heavy atom. The van der Waals surface area contributed by atoms with E-state index in [0.717, 1.165) is 29.9 Å². The van der Waals surface area contributed by atoms with Crippen molar-refractivity contribution in [2.24, 2.45) is 0 Å². The molecule has 0 bridgehead atoms. The van der Waals surface area contributed by atoms with Crippen LogP contribution in [-0.4, -0.2) is 11.8 Å². The summed E-state index contributed by atoms with van der Waals surface area (Å²) in [5.74, 6) is 1.65. The Labute approximate surface area is 96.9 Å². The molecule has 1 aromatic carbocycles. The van der Waals surface area contributed by atoms with Crippen LogP contribution in [-0.2, 0) is 6.42 Å². The second-order valence-electron chi connectivity index (χ2n) is 3.63. The first-order chi connectivity index (χ1) is 7.75. The standard InChI is InChI=1S/C11H9ClN2O2/c12-9-10(16-14-11(9)13)7-1-2-8-6(5-7)3-4-15-8/h1-2,5H,3-4H2,(H2,13,14). The van der Waals surface area contributed by atoms with E-state index in [4.69, 9.17) is 26.6 Å². The zero-order valence-corrected chi connectivity index (χ0v) is 9.12. The summed E-state index contributed by atoms with van der Waals surface area (Å²) >= 11 is 5.98. The summed E-state index contributed by atoms with van der Waals surface area (Å²) in [6.07, 6.45) is 0.907. The number of nitrogens with two attached hydrogens (primary N) is 1. The molecule has 0 spiro atoms. The molecule has 0 fully saturated rings. The van der Waals surface area contributed by atoms with Gasteiger partial charge >= 0.3 is 0 Å². The quantitative estimate of drug-likeness (QED) is 0.827. The van der Waals surface area contributed by atoms with E-state index in [1.807, 2.05) is 18.2 Å². The fourth-order valence-corrected chi connectivity index (χ4v) is 1.98. The Morgan fingerprint density at radius 2 is 2.25 bits per heavy atom. The van der Waals surface area contributed by atoms with Crippen LogP contribution in [0.25, 0.3) is 11.3 Å². The number of benzene rings is 1. The van der Waals surface area contributed by atoms with Crippen molar-refractivity contribution in [1.29, 1.82) is 0 Å². The molecule has 2 heterocycles. The number of fused-ring (bicyclic) bond motifs is 1. The summed E-state index contributed by atoms with van der Waals surface area (Å²) in [6, 6.07) is 5.79. The average molecular weight is 237 g/mol. The Hall–Kier alpha value is -1.68. The van der Waals surface area contributed by atoms with Crippen LogP contribution in [0.15, 0.2) is 22.7 Å². The van der Waals surface area contributed by atoms with Gasteiger partial charge in [-0.1, -0.05) is 16.8 Å². The van der Waals surface area contributed by atoms with Gasteiger partial charge in [0.25, 0.3) is 0 Å². The highest BCUT2D eigenvalue weighted by atomic mass is 35.5. The topological polar surface area (TPSA) is 61.3 Å². The van der Waals surface area contributed by atoms with Gasteiger partial charge in [-0.05, 0) is 23.8 Å². The van der Waals surface area contributed by atoms with Gasteiger partial charge in [0.15, 0.2) is 11.6 Å². The van der Waals surface area contributed by atoms with Gasteiger partial charge in [0.1, 0.15) is 10.8 Å². The van der Waals surface area contributed by atoms with Gasteiger partial charge in [0.2, 0.25) is 0 Å². The third-order valence-electron chi connectivity index (χ3n) is 2.61. The number of aromatic nitrogens is 1. The number of nitrogen functional groups attached to an aromatic ring is 1. The van der Waals surface area contributed by atoms with Gasteiger partial charge in [0, 0.05) is 12.0 Å². The lowest BCUT2D eigenvalue weighted by atomic mass is 10.1. The second kappa shape index (κ2) is 3.42. The van der Waals surface area contributed by atoms with Crippen molar-refractivity contribution in [2.45, 2.75) is 6.42 Å². The van der Waals surface area contributed by atoms with Crippen molar-refractivity contribution in [3.8, 4) is 17.1 Å². The van der Waals surface area contributed by atoms with E-state index in [9.17, 15) is 0 Å². The third-order valence-corrected chi connectivity index (χ3v) is 2.98. The van der Waals surface area contributed by atoms with Crippen molar-refractivity contribution in [3.63, 3.8) is 0 Å². The monoisotopic (exact) mass is 236 g/mol. The first-order valence-corrected chi connectivity index (χ1v) is 5.30. The largest absolute Gasteiger partial charge is 0.493 e. The molecule has 1 aliphatic heterocycles. The molecular weight excluding hydrogens is 228 g/mol. The van der Waals surface area contributed by atoms with Crippen molar-refractivity contribution < 1.29 is 9.26 Å². The summed E-state index contributed by atoms with van der Waals surface area (Å²) in [6.45, 7) is 0.727. The zero-order valence-electron chi connectivity index (χ0n) is 8.37. The fraction of sp³-hybridized carbons (Fsp3) is 0.182. The van der Waals surface area contributed by atoms with E-state index < -0.39 is 0 Å². The van der Waals surface area contributed by atoms with Gasteiger partial charge in [0.05, 0.1) is 6.61 Å². The summed E-state index contributed by atoms with van der Waals surface area (Å²) in [5, 5.41) is 3.99.